The van der Waals surface area contributed by atoms with Gasteiger partial charge in [-0.3, -0.25) is 10.1 Å². The monoisotopic (exact) mass is 334 g/mol. The number of rotatable bonds is 5. The van der Waals surface area contributed by atoms with Gasteiger partial charge in [-0.05, 0) is 12.8 Å². The van der Waals surface area contributed by atoms with Crippen LogP contribution >= 0.6 is 11.3 Å². The molecule has 1 aliphatic carbocycles. The largest absolute Gasteiger partial charge is 0.310 e. The van der Waals surface area contributed by atoms with Crippen molar-refractivity contribution in [2.45, 2.75) is 48.8 Å². The molecule has 0 aromatic carbocycles. The fourth-order valence-electron chi connectivity index (χ4n) is 2.41. The van der Waals surface area contributed by atoms with E-state index in [1.807, 2.05) is 0 Å². The summed E-state index contributed by atoms with van der Waals surface area (Å²) in [4.78, 5) is 10.2. The molecule has 0 spiro atoms. The molecule has 10 heteroatoms. The van der Waals surface area contributed by atoms with Crippen LogP contribution in [0.25, 0.3) is 0 Å². The fourth-order valence-corrected chi connectivity index (χ4v) is 4.97. The van der Waals surface area contributed by atoms with Crippen LogP contribution in [-0.4, -0.2) is 19.4 Å². The van der Waals surface area contributed by atoms with Crippen LogP contribution in [0.4, 0.5) is 10.7 Å². The predicted octanol–water partition coefficient (Wildman–Crippen LogP) is 1.94. The minimum atomic E-state index is -3.75. The summed E-state index contributed by atoms with van der Waals surface area (Å²) in [5.41, 5.74) is 1.84. The number of thiophene rings is 1. The summed E-state index contributed by atoms with van der Waals surface area (Å²) in [6.07, 6.45) is 5.82. The fraction of sp³-hybridized carbons (Fsp3) is 0.636. The molecule has 1 fully saturated rings. The lowest BCUT2D eigenvalue weighted by molar-refractivity contribution is -0.383. The zero-order valence-corrected chi connectivity index (χ0v) is 13.0. The Morgan fingerprint density at radius 2 is 1.90 bits per heavy atom. The topological polar surface area (TPSA) is 127 Å². The Labute approximate surface area is 126 Å². The highest BCUT2D eigenvalue weighted by atomic mass is 32.2. The van der Waals surface area contributed by atoms with Crippen LogP contribution in [0.2, 0.25) is 0 Å². The molecule has 21 heavy (non-hydrogen) atoms. The van der Waals surface area contributed by atoms with E-state index in [1.165, 1.54) is 0 Å². The quantitative estimate of drug-likeness (QED) is 0.327. The van der Waals surface area contributed by atoms with Gasteiger partial charge in [0.25, 0.3) is 10.0 Å². The number of anilines is 1. The molecule has 0 saturated heterocycles. The first kappa shape index (κ1) is 16.1. The van der Waals surface area contributed by atoms with Crippen molar-refractivity contribution in [3.05, 3.63) is 16.2 Å². The van der Waals surface area contributed by atoms with Gasteiger partial charge in [0.15, 0.2) is 5.00 Å². The van der Waals surface area contributed by atoms with Gasteiger partial charge in [-0.25, -0.2) is 19.0 Å². The maximum atomic E-state index is 12.3. The van der Waals surface area contributed by atoms with Crippen molar-refractivity contribution in [1.29, 1.82) is 0 Å². The Bertz CT molecular complexity index is 606. The Morgan fingerprint density at radius 1 is 1.29 bits per heavy atom. The van der Waals surface area contributed by atoms with Crippen LogP contribution < -0.4 is 16.0 Å². The molecule has 1 saturated carbocycles. The molecule has 1 aromatic rings. The average molecular weight is 334 g/mol. The Balaban J connectivity index is 2.20. The zero-order chi connectivity index (χ0) is 15.5. The number of nitro groups is 1. The van der Waals surface area contributed by atoms with Crippen molar-refractivity contribution < 1.29 is 13.3 Å². The first-order valence-corrected chi connectivity index (χ1v) is 9.01. The molecule has 0 unspecified atom stereocenters. The standard InChI is InChI=1S/C11H18N4O4S2/c12-13-11-9(15(16)17)7-10(20-11)21(18,19)14-8-5-3-1-2-4-6-8/h7-8,13-14H,1-6,12H2. The van der Waals surface area contributed by atoms with E-state index in [-0.39, 0.29) is 20.9 Å². The maximum Gasteiger partial charge on any atom is 0.306 e. The second-order valence-electron chi connectivity index (χ2n) is 4.99. The molecule has 1 heterocycles. The van der Waals surface area contributed by atoms with Crippen molar-refractivity contribution in [1.82, 2.24) is 4.72 Å². The van der Waals surface area contributed by atoms with Gasteiger partial charge in [0, 0.05) is 12.1 Å². The van der Waals surface area contributed by atoms with Crippen LogP contribution in [0.15, 0.2) is 10.3 Å². The molecule has 0 atom stereocenters. The molecule has 0 radical (unpaired) electrons. The second-order valence-corrected chi connectivity index (χ2v) is 7.98. The van der Waals surface area contributed by atoms with E-state index < -0.39 is 14.9 Å². The molecule has 1 aliphatic rings. The molecule has 118 valence electrons. The summed E-state index contributed by atoms with van der Waals surface area (Å²) >= 11 is 0.760. The lowest BCUT2D eigenvalue weighted by Crippen LogP contribution is -2.33. The molecule has 0 aliphatic heterocycles. The summed E-state index contributed by atoms with van der Waals surface area (Å²) in [6, 6.07) is 0.937. The Kier molecular flexibility index (Phi) is 5.14. The molecule has 4 N–H and O–H groups in total. The number of hydrogen-bond donors (Lipinski definition) is 3. The number of nitrogen functional groups attached to an aromatic ring is 1. The number of sulfonamides is 1. The van der Waals surface area contributed by atoms with Crippen LogP contribution in [0.3, 0.4) is 0 Å². The second kappa shape index (κ2) is 6.69. The van der Waals surface area contributed by atoms with Crippen LogP contribution in [-0.2, 0) is 10.0 Å². The van der Waals surface area contributed by atoms with Gasteiger partial charge in [0.05, 0.1) is 4.92 Å². The summed E-state index contributed by atoms with van der Waals surface area (Å²) in [5.74, 6) is 5.19. The van der Waals surface area contributed by atoms with Gasteiger partial charge in [-0.1, -0.05) is 37.0 Å². The van der Waals surface area contributed by atoms with Gasteiger partial charge in [-0.15, -0.1) is 0 Å². The van der Waals surface area contributed by atoms with Gasteiger partial charge in [-0.2, -0.15) is 0 Å². The number of nitrogens with two attached hydrogens (primary N) is 1. The van der Waals surface area contributed by atoms with E-state index in [0.717, 1.165) is 55.9 Å². The first-order valence-electron chi connectivity index (χ1n) is 6.71. The van der Waals surface area contributed by atoms with Crippen molar-refractivity contribution in [2.75, 3.05) is 5.43 Å². The van der Waals surface area contributed by atoms with E-state index in [0.29, 0.717) is 0 Å². The smallest absolute Gasteiger partial charge is 0.306 e. The summed E-state index contributed by atoms with van der Waals surface area (Å²) in [6.45, 7) is 0. The average Bonchev–Trinajstić information content (AvgIpc) is 2.73. The lowest BCUT2D eigenvalue weighted by atomic mass is 10.1. The molecule has 8 nitrogen and oxygen atoms in total. The van der Waals surface area contributed by atoms with Crippen molar-refractivity contribution in [3.63, 3.8) is 0 Å². The third kappa shape index (κ3) is 3.90. The highest BCUT2D eigenvalue weighted by molar-refractivity contribution is 7.91. The van der Waals surface area contributed by atoms with Gasteiger partial charge in [0.2, 0.25) is 0 Å². The lowest BCUT2D eigenvalue weighted by Gasteiger charge is -2.15. The van der Waals surface area contributed by atoms with E-state index in [2.05, 4.69) is 10.1 Å². The van der Waals surface area contributed by atoms with Crippen LogP contribution in [0.1, 0.15) is 38.5 Å². The van der Waals surface area contributed by atoms with Gasteiger partial charge >= 0.3 is 5.69 Å². The van der Waals surface area contributed by atoms with Crippen molar-refractivity contribution in [2.24, 2.45) is 5.84 Å². The number of hydrazine groups is 1. The van der Waals surface area contributed by atoms with Gasteiger partial charge < -0.3 is 5.43 Å². The van der Waals surface area contributed by atoms with E-state index >= 15 is 0 Å². The highest BCUT2D eigenvalue weighted by Crippen LogP contribution is 2.36. The van der Waals surface area contributed by atoms with E-state index in [1.54, 1.807) is 0 Å². The molecule has 0 amide bonds. The minimum Gasteiger partial charge on any atom is -0.310 e. The van der Waals surface area contributed by atoms with Crippen LogP contribution in [0.5, 0.6) is 0 Å². The molecular formula is C11H18N4O4S2. The summed E-state index contributed by atoms with van der Waals surface area (Å²) in [5, 5.41) is 10.9. The maximum absolute atomic E-state index is 12.3. The predicted molar refractivity (Wildman–Crippen MR) is 80.6 cm³/mol. The Hall–Kier alpha value is -1.23. The third-order valence-electron chi connectivity index (χ3n) is 3.46. The Morgan fingerprint density at radius 3 is 2.38 bits per heavy atom. The third-order valence-corrected chi connectivity index (χ3v) is 6.51. The molecule has 2 rings (SSSR count). The van der Waals surface area contributed by atoms with Gasteiger partial charge in [0.1, 0.15) is 4.21 Å². The van der Waals surface area contributed by atoms with Crippen molar-refractivity contribution in [3.8, 4) is 0 Å². The van der Waals surface area contributed by atoms with Crippen LogP contribution in [0, 0.1) is 10.1 Å². The first-order chi connectivity index (χ1) is 9.94. The zero-order valence-electron chi connectivity index (χ0n) is 11.4. The van der Waals surface area contributed by atoms with E-state index in [9.17, 15) is 18.5 Å². The van der Waals surface area contributed by atoms with E-state index in [4.69, 9.17) is 5.84 Å². The van der Waals surface area contributed by atoms with Crippen molar-refractivity contribution >= 4 is 32.0 Å². The highest BCUT2D eigenvalue weighted by Gasteiger charge is 2.28. The molecular weight excluding hydrogens is 316 g/mol. The molecule has 1 aromatic heterocycles. The summed E-state index contributed by atoms with van der Waals surface area (Å²) < 4.78 is 27.2. The minimum absolute atomic E-state index is 0.0289. The summed E-state index contributed by atoms with van der Waals surface area (Å²) in [7, 11) is -3.75. The SMILES string of the molecule is NNc1sc(S(=O)(=O)NC2CCCCCC2)cc1[N+](=O)[O-]. The molecule has 0 bridgehead atoms. The number of nitrogens with one attached hydrogen (secondary N) is 2. The number of nitrogens with zero attached hydrogens (tertiary/aromatic N) is 1. The number of hydrogen-bond acceptors (Lipinski definition) is 7. The normalized spacial score (nSPS) is 17.4.